The summed E-state index contributed by atoms with van der Waals surface area (Å²) in [5.74, 6) is 0. The Morgan fingerprint density at radius 1 is 1.40 bits per heavy atom. The molecular formula is C16H26BrN3. The van der Waals surface area contributed by atoms with E-state index in [9.17, 15) is 0 Å². The number of likely N-dealkylation sites (N-methyl/N-ethyl adjacent to an activating group) is 1. The molecule has 2 unspecified atom stereocenters. The van der Waals surface area contributed by atoms with Crippen molar-refractivity contribution in [3.63, 3.8) is 0 Å². The van der Waals surface area contributed by atoms with Gasteiger partial charge in [0, 0.05) is 41.9 Å². The molecule has 20 heavy (non-hydrogen) atoms. The molecule has 0 spiro atoms. The average molecular weight is 340 g/mol. The van der Waals surface area contributed by atoms with Crippen LogP contribution in [0.5, 0.6) is 0 Å². The number of hydrogen-bond donors (Lipinski definition) is 1. The normalized spacial score (nSPS) is 22.1. The molecule has 0 radical (unpaired) electrons. The number of rotatable bonds is 4. The predicted molar refractivity (Wildman–Crippen MR) is 90.5 cm³/mol. The SMILES string of the molecule is CCN1CCN(c2ccc(C(C)NC)c(Br)c2)CC1C. The molecular weight excluding hydrogens is 314 g/mol. The Kier molecular flexibility index (Phi) is 5.47. The molecule has 0 saturated carbocycles. The van der Waals surface area contributed by atoms with Crippen LogP contribution in [0, 0.1) is 0 Å². The van der Waals surface area contributed by atoms with Gasteiger partial charge < -0.3 is 10.2 Å². The first-order valence-electron chi connectivity index (χ1n) is 7.52. The van der Waals surface area contributed by atoms with Crippen molar-refractivity contribution in [2.45, 2.75) is 32.9 Å². The molecule has 0 bridgehead atoms. The molecule has 1 aromatic rings. The van der Waals surface area contributed by atoms with E-state index in [2.05, 4.69) is 70.0 Å². The summed E-state index contributed by atoms with van der Waals surface area (Å²) in [6.07, 6.45) is 0. The number of nitrogens with one attached hydrogen (secondary N) is 1. The highest BCUT2D eigenvalue weighted by molar-refractivity contribution is 9.10. The Bertz CT molecular complexity index is 449. The van der Waals surface area contributed by atoms with Gasteiger partial charge >= 0.3 is 0 Å². The molecule has 1 saturated heterocycles. The van der Waals surface area contributed by atoms with Crippen LogP contribution in [-0.2, 0) is 0 Å². The van der Waals surface area contributed by atoms with Crippen molar-refractivity contribution in [2.75, 3.05) is 38.1 Å². The third kappa shape index (κ3) is 3.35. The first-order chi connectivity index (χ1) is 9.56. The number of benzene rings is 1. The van der Waals surface area contributed by atoms with Crippen LogP contribution in [0.25, 0.3) is 0 Å². The third-order valence-corrected chi connectivity index (χ3v) is 5.11. The van der Waals surface area contributed by atoms with Gasteiger partial charge in [-0.1, -0.05) is 28.9 Å². The van der Waals surface area contributed by atoms with Crippen molar-refractivity contribution in [1.82, 2.24) is 10.2 Å². The van der Waals surface area contributed by atoms with Gasteiger partial charge in [0.25, 0.3) is 0 Å². The molecule has 0 aromatic heterocycles. The molecule has 4 heteroatoms. The molecule has 112 valence electrons. The fourth-order valence-corrected chi connectivity index (χ4v) is 3.63. The van der Waals surface area contributed by atoms with Gasteiger partial charge in [-0.05, 0) is 45.1 Å². The minimum atomic E-state index is 0.370. The number of anilines is 1. The maximum atomic E-state index is 3.72. The van der Waals surface area contributed by atoms with E-state index in [0.717, 1.165) is 26.2 Å². The van der Waals surface area contributed by atoms with Crippen molar-refractivity contribution in [3.8, 4) is 0 Å². The van der Waals surface area contributed by atoms with Crippen LogP contribution >= 0.6 is 15.9 Å². The molecule has 1 N–H and O–H groups in total. The second-order valence-corrected chi connectivity index (χ2v) is 6.49. The highest BCUT2D eigenvalue weighted by Gasteiger charge is 2.23. The summed E-state index contributed by atoms with van der Waals surface area (Å²) in [4.78, 5) is 5.04. The van der Waals surface area contributed by atoms with Crippen LogP contribution in [0.2, 0.25) is 0 Å². The van der Waals surface area contributed by atoms with E-state index in [4.69, 9.17) is 0 Å². The Morgan fingerprint density at radius 2 is 2.15 bits per heavy atom. The Morgan fingerprint density at radius 3 is 2.70 bits per heavy atom. The molecule has 1 fully saturated rings. The second kappa shape index (κ2) is 6.92. The summed E-state index contributed by atoms with van der Waals surface area (Å²) in [6.45, 7) is 11.3. The van der Waals surface area contributed by atoms with Crippen LogP contribution < -0.4 is 10.2 Å². The lowest BCUT2D eigenvalue weighted by molar-refractivity contribution is 0.199. The van der Waals surface area contributed by atoms with Gasteiger partial charge in [0.05, 0.1) is 0 Å². The van der Waals surface area contributed by atoms with Crippen molar-refractivity contribution >= 4 is 21.6 Å². The summed E-state index contributed by atoms with van der Waals surface area (Å²) in [5, 5.41) is 3.29. The van der Waals surface area contributed by atoms with Crippen molar-refractivity contribution in [1.29, 1.82) is 0 Å². The quantitative estimate of drug-likeness (QED) is 0.908. The molecule has 0 amide bonds. The van der Waals surface area contributed by atoms with Crippen molar-refractivity contribution in [3.05, 3.63) is 28.2 Å². The van der Waals surface area contributed by atoms with Crippen LogP contribution in [0.15, 0.2) is 22.7 Å². The summed E-state index contributed by atoms with van der Waals surface area (Å²) < 4.78 is 1.20. The fraction of sp³-hybridized carbons (Fsp3) is 0.625. The minimum Gasteiger partial charge on any atom is -0.369 e. The zero-order valence-electron chi connectivity index (χ0n) is 13.0. The zero-order chi connectivity index (χ0) is 14.7. The highest BCUT2D eigenvalue weighted by atomic mass is 79.9. The van der Waals surface area contributed by atoms with Gasteiger partial charge in [0.1, 0.15) is 0 Å². The molecule has 1 aliphatic rings. The number of nitrogens with zero attached hydrogens (tertiary/aromatic N) is 2. The van der Waals surface area contributed by atoms with Crippen LogP contribution in [0.4, 0.5) is 5.69 Å². The van der Waals surface area contributed by atoms with E-state index in [0.29, 0.717) is 12.1 Å². The number of hydrogen-bond acceptors (Lipinski definition) is 3. The van der Waals surface area contributed by atoms with Gasteiger partial charge in [-0.15, -0.1) is 0 Å². The van der Waals surface area contributed by atoms with E-state index >= 15 is 0 Å². The monoisotopic (exact) mass is 339 g/mol. The smallest absolute Gasteiger partial charge is 0.0378 e. The maximum absolute atomic E-state index is 3.72. The van der Waals surface area contributed by atoms with E-state index in [1.54, 1.807) is 0 Å². The van der Waals surface area contributed by atoms with E-state index in [-0.39, 0.29) is 0 Å². The van der Waals surface area contributed by atoms with Crippen LogP contribution in [-0.4, -0.2) is 44.2 Å². The van der Waals surface area contributed by atoms with Gasteiger partial charge in [-0.25, -0.2) is 0 Å². The first-order valence-corrected chi connectivity index (χ1v) is 8.31. The second-order valence-electron chi connectivity index (χ2n) is 5.64. The number of halogens is 1. The van der Waals surface area contributed by atoms with Gasteiger partial charge in [0.2, 0.25) is 0 Å². The van der Waals surface area contributed by atoms with Gasteiger partial charge in [0.15, 0.2) is 0 Å². The topological polar surface area (TPSA) is 18.5 Å². The Labute approximate surface area is 131 Å². The summed E-state index contributed by atoms with van der Waals surface area (Å²) in [6, 6.07) is 7.75. The first kappa shape index (κ1) is 15.8. The van der Waals surface area contributed by atoms with Crippen LogP contribution in [0.1, 0.15) is 32.4 Å². The highest BCUT2D eigenvalue weighted by Crippen LogP contribution is 2.29. The van der Waals surface area contributed by atoms with Gasteiger partial charge in [-0.3, -0.25) is 4.90 Å². The summed E-state index contributed by atoms with van der Waals surface area (Å²) in [5.41, 5.74) is 2.64. The number of piperazine rings is 1. The minimum absolute atomic E-state index is 0.370. The van der Waals surface area contributed by atoms with Gasteiger partial charge in [-0.2, -0.15) is 0 Å². The maximum Gasteiger partial charge on any atom is 0.0378 e. The lowest BCUT2D eigenvalue weighted by Gasteiger charge is -2.40. The van der Waals surface area contributed by atoms with E-state index in [1.165, 1.54) is 15.7 Å². The van der Waals surface area contributed by atoms with E-state index < -0.39 is 0 Å². The third-order valence-electron chi connectivity index (χ3n) is 4.42. The standard InChI is InChI=1S/C16H26BrN3/c1-5-19-8-9-20(11-12(19)2)14-6-7-15(13(3)18-4)16(17)10-14/h6-7,10,12-13,18H,5,8-9,11H2,1-4H3. The molecule has 1 aliphatic heterocycles. The largest absolute Gasteiger partial charge is 0.369 e. The summed E-state index contributed by atoms with van der Waals surface area (Å²) in [7, 11) is 2.00. The van der Waals surface area contributed by atoms with Crippen LogP contribution in [0.3, 0.4) is 0 Å². The average Bonchev–Trinajstić information content (AvgIpc) is 2.46. The molecule has 1 heterocycles. The Hall–Kier alpha value is -0.580. The lowest BCUT2D eigenvalue weighted by Crippen LogP contribution is -2.51. The van der Waals surface area contributed by atoms with Crippen molar-refractivity contribution in [2.24, 2.45) is 0 Å². The Balaban J connectivity index is 2.12. The molecule has 2 rings (SSSR count). The fourth-order valence-electron chi connectivity index (χ4n) is 2.92. The zero-order valence-corrected chi connectivity index (χ0v) is 14.6. The summed E-state index contributed by atoms with van der Waals surface area (Å²) >= 11 is 3.72. The van der Waals surface area contributed by atoms with Crippen molar-refractivity contribution < 1.29 is 0 Å². The lowest BCUT2D eigenvalue weighted by atomic mass is 10.1. The predicted octanol–water partition coefficient (Wildman–Crippen LogP) is 3.26. The molecule has 2 atom stereocenters. The molecule has 0 aliphatic carbocycles. The molecule has 1 aromatic carbocycles. The molecule has 3 nitrogen and oxygen atoms in total. The van der Waals surface area contributed by atoms with E-state index in [1.807, 2.05) is 7.05 Å².